The van der Waals surface area contributed by atoms with Crippen LogP contribution in [0.25, 0.3) is 0 Å². The molecule has 19 heavy (non-hydrogen) atoms. The third-order valence-corrected chi connectivity index (χ3v) is 2.47. The molecule has 1 aromatic rings. The Hall–Kier alpha value is -1.60. The second-order valence-electron chi connectivity index (χ2n) is 3.73. The molecule has 0 saturated carbocycles. The summed E-state index contributed by atoms with van der Waals surface area (Å²) in [6.07, 6.45) is -3.84. The highest BCUT2D eigenvalue weighted by Crippen LogP contribution is 2.45. The number of esters is 1. The van der Waals surface area contributed by atoms with Gasteiger partial charge in [-0.2, -0.15) is 0 Å². The van der Waals surface area contributed by atoms with Gasteiger partial charge in [0.25, 0.3) is 0 Å². The summed E-state index contributed by atoms with van der Waals surface area (Å²) in [5.74, 6) is -0.775. The van der Waals surface area contributed by atoms with Crippen molar-refractivity contribution in [1.29, 1.82) is 0 Å². The minimum absolute atomic E-state index is 0. The van der Waals surface area contributed by atoms with Crippen LogP contribution in [-0.2, 0) is 9.53 Å². The lowest BCUT2D eigenvalue weighted by Gasteiger charge is -2.13. The SMILES string of the molecule is COC(=O)C[C@H](N)c1cccc2c1OC(F)(F)O2.Cl. The summed E-state index contributed by atoms with van der Waals surface area (Å²) in [6.45, 7) is 0. The van der Waals surface area contributed by atoms with Crippen molar-refractivity contribution < 1.29 is 27.8 Å². The van der Waals surface area contributed by atoms with E-state index in [-0.39, 0.29) is 35.9 Å². The minimum Gasteiger partial charge on any atom is -0.469 e. The van der Waals surface area contributed by atoms with Crippen molar-refractivity contribution in [2.45, 2.75) is 18.8 Å². The topological polar surface area (TPSA) is 70.8 Å². The van der Waals surface area contributed by atoms with Gasteiger partial charge >= 0.3 is 12.3 Å². The lowest BCUT2D eigenvalue weighted by molar-refractivity contribution is -0.287. The van der Waals surface area contributed by atoms with E-state index >= 15 is 0 Å². The van der Waals surface area contributed by atoms with Crippen LogP contribution in [0.15, 0.2) is 18.2 Å². The molecular weight excluding hydrogens is 284 g/mol. The first-order valence-corrected chi connectivity index (χ1v) is 5.14. The standard InChI is InChI=1S/C11H11F2NO4.ClH/c1-16-9(15)5-7(14)6-3-2-4-8-10(6)18-11(12,13)17-8;/h2-4,7H,5,14H2,1H3;1H/t7-;/m0./s1. The van der Waals surface area contributed by atoms with Gasteiger partial charge in [0.2, 0.25) is 0 Å². The van der Waals surface area contributed by atoms with E-state index < -0.39 is 18.3 Å². The number of para-hydroxylation sites is 1. The first kappa shape index (κ1) is 15.5. The second-order valence-corrected chi connectivity index (χ2v) is 3.73. The smallest absolute Gasteiger partial charge is 0.469 e. The maximum absolute atomic E-state index is 12.9. The quantitative estimate of drug-likeness (QED) is 0.864. The van der Waals surface area contributed by atoms with Gasteiger partial charge < -0.3 is 19.9 Å². The summed E-state index contributed by atoms with van der Waals surface area (Å²) < 4.78 is 39.0. The van der Waals surface area contributed by atoms with Crippen LogP contribution in [0.2, 0.25) is 0 Å². The number of benzene rings is 1. The number of rotatable bonds is 3. The average Bonchev–Trinajstić information content (AvgIpc) is 2.61. The molecule has 1 aromatic carbocycles. The summed E-state index contributed by atoms with van der Waals surface area (Å²) in [5.41, 5.74) is 6.03. The van der Waals surface area contributed by atoms with E-state index in [0.717, 1.165) is 0 Å². The molecule has 106 valence electrons. The normalized spacial score (nSPS) is 16.4. The zero-order valence-corrected chi connectivity index (χ0v) is 10.7. The van der Waals surface area contributed by atoms with Gasteiger partial charge in [-0.3, -0.25) is 4.79 Å². The zero-order valence-electron chi connectivity index (χ0n) is 9.89. The lowest BCUT2D eigenvalue weighted by atomic mass is 10.0. The highest BCUT2D eigenvalue weighted by atomic mass is 35.5. The molecule has 1 heterocycles. The van der Waals surface area contributed by atoms with Crippen molar-refractivity contribution in [2.75, 3.05) is 7.11 Å². The van der Waals surface area contributed by atoms with Crippen LogP contribution in [0.4, 0.5) is 8.78 Å². The number of methoxy groups -OCH3 is 1. The molecule has 2 rings (SSSR count). The molecule has 0 saturated heterocycles. The van der Waals surface area contributed by atoms with Crippen molar-refractivity contribution in [3.8, 4) is 11.5 Å². The Morgan fingerprint density at radius 1 is 1.47 bits per heavy atom. The molecule has 0 aromatic heterocycles. The maximum atomic E-state index is 12.9. The first-order chi connectivity index (χ1) is 8.43. The molecule has 1 aliphatic rings. The maximum Gasteiger partial charge on any atom is 0.586 e. The van der Waals surface area contributed by atoms with E-state index in [0.29, 0.717) is 0 Å². The Balaban J connectivity index is 0.00000180. The first-order valence-electron chi connectivity index (χ1n) is 5.14. The molecule has 1 atom stereocenters. The van der Waals surface area contributed by atoms with E-state index in [9.17, 15) is 13.6 Å². The fraction of sp³-hybridized carbons (Fsp3) is 0.364. The lowest BCUT2D eigenvalue weighted by Crippen LogP contribution is -2.26. The minimum atomic E-state index is -3.70. The van der Waals surface area contributed by atoms with E-state index in [2.05, 4.69) is 14.2 Å². The van der Waals surface area contributed by atoms with Gasteiger partial charge in [-0.05, 0) is 6.07 Å². The van der Waals surface area contributed by atoms with Crippen molar-refractivity contribution in [2.24, 2.45) is 5.73 Å². The van der Waals surface area contributed by atoms with Gasteiger partial charge in [0.05, 0.1) is 13.5 Å². The number of halogens is 3. The van der Waals surface area contributed by atoms with Crippen LogP contribution in [0.3, 0.4) is 0 Å². The third-order valence-electron chi connectivity index (χ3n) is 2.47. The van der Waals surface area contributed by atoms with Crippen molar-refractivity contribution in [1.82, 2.24) is 0 Å². The van der Waals surface area contributed by atoms with Gasteiger partial charge in [-0.1, -0.05) is 12.1 Å². The van der Waals surface area contributed by atoms with Crippen LogP contribution >= 0.6 is 12.4 Å². The monoisotopic (exact) mass is 295 g/mol. The van der Waals surface area contributed by atoms with E-state index in [1.807, 2.05) is 0 Å². The molecule has 0 aliphatic carbocycles. The van der Waals surface area contributed by atoms with Gasteiger partial charge in [0.1, 0.15) is 0 Å². The second kappa shape index (κ2) is 5.58. The fourth-order valence-electron chi connectivity index (χ4n) is 1.65. The predicted molar refractivity (Wildman–Crippen MR) is 63.5 cm³/mol. The molecule has 0 unspecified atom stereocenters. The van der Waals surface area contributed by atoms with Gasteiger partial charge in [-0.25, -0.2) is 0 Å². The number of hydrogen-bond donors (Lipinski definition) is 1. The molecule has 0 spiro atoms. The Morgan fingerprint density at radius 3 is 2.79 bits per heavy atom. The molecule has 0 fully saturated rings. The molecule has 8 heteroatoms. The average molecular weight is 296 g/mol. The molecular formula is C11H12ClF2NO4. The summed E-state index contributed by atoms with van der Waals surface area (Å²) in [7, 11) is 1.22. The Morgan fingerprint density at radius 2 is 2.16 bits per heavy atom. The highest BCUT2D eigenvalue weighted by molar-refractivity contribution is 5.85. The molecule has 5 nitrogen and oxygen atoms in total. The fourth-order valence-corrected chi connectivity index (χ4v) is 1.65. The van der Waals surface area contributed by atoms with Crippen LogP contribution in [0, 0.1) is 0 Å². The molecule has 1 aliphatic heterocycles. The highest BCUT2D eigenvalue weighted by Gasteiger charge is 2.45. The molecule has 0 bridgehead atoms. The molecule has 2 N–H and O–H groups in total. The number of carbonyl (C=O) groups excluding carboxylic acids is 1. The van der Waals surface area contributed by atoms with E-state index in [1.165, 1.54) is 25.3 Å². The summed E-state index contributed by atoms with van der Waals surface area (Å²) in [4.78, 5) is 11.1. The number of hydrogen-bond acceptors (Lipinski definition) is 5. The van der Waals surface area contributed by atoms with Crippen molar-refractivity contribution in [3.63, 3.8) is 0 Å². The Labute approximate surface area is 114 Å². The van der Waals surface area contributed by atoms with Gasteiger partial charge in [-0.15, -0.1) is 21.2 Å². The Bertz CT molecular complexity index is 484. The third kappa shape index (κ3) is 3.24. The number of alkyl halides is 2. The van der Waals surface area contributed by atoms with Crippen LogP contribution in [-0.4, -0.2) is 19.4 Å². The number of nitrogens with two attached hydrogens (primary N) is 1. The van der Waals surface area contributed by atoms with Crippen molar-refractivity contribution >= 4 is 18.4 Å². The molecule has 0 radical (unpaired) electrons. The molecule has 0 amide bonds. The summed E-state index contributed by atoms with van der Waals surface area (Å²) in [6, 6.07) is 3.53. The van der Waals surface area contributed by atoms with E-state index in [4.69, 9.17) is 5.73 Å². The van der Waals surface area contributed by atoms with Crippen LogP contribution in [0.5, 0.6) is 11.5 Å². The summed E-state index contributed by atoms with van der Waals surface area (Å²) in [5, 5.41) is 0. The zero-order chi connectivity index (χ0) is 13.3. The Kier molecular flexibility index (Phi) is 4.54. The van der Waals surface area contributed by atoms with Crippen LogP contribution in [0.1, 0.15) is 18.0 Å². The van der Waals surface area contributed by atoms with Gasteiger partial charge in [0.15, 0.2) is 11.5 Å². The number of carbonyl (C=O) groups is 1. The van der Waals surface area contributed by atoms with Crippen molar-refractivity contribution in [3.05, 3.63) is 23.8 Å². The number of fused-ring (bicyclic) bond motifs is 1. The van der Waals surface area contributed by atoms with Crippen LogP contribution < -0.4 is 15.2 Å². The largest absolute Gasteiger partial charge is 0.586 e. The van der Waals surface area contributed by atoms with Gasteiger partial charge in [0, 0.05) is 11.6 Å². The number of ether oxygens (including phenoxy) is 3. The predicted octanol–water partition coefficient (Wildman–Crippen LogP) is 1.99. The summed E-state index contributed by atoms with van der Waals surface area (Å²) >= 11 is 0. The van der Waals surface area contributed by atoms with E-state index in [1.54, 1.807) is 0 Å².